The summed E-state index contributed by atoms with van der Waals surface area (Å²) < 4.78 is 0.539. The number of hydrogen-bond donors (Lipinski definition) is 4. The van der Waals surface area contributed by atoms with Crippen LogP contribution in [0.15, 0.2) is 0 Å². The fraction of sp³-hybridized carbons (Fsp3) is 1.00. The number of rotatable bonds is 29. The quantitative estimate of drug-likeness (QED) is 0.0300. The van der Waals surface area contributed by atoms with E-state index in [0.29, 0.717) is 0 Å². The first-order valence-electron chi connectivity index (χ1n) is 15.5. The summed E-state index contributed by atoms with van der Waals surface area (Å²) in [5.41, 5.74) is 0. The Balaban J connectivity index is 0. The Morgan fingerprint density at radius 1 is 0.389 bits per heavy atom. The van der Waals surface area contributed by atoms with Crippen LogP contribution in [0.25, 0.3) is 0 Å². The molecule has 0 aliphatic carbocycles. The Labute approximate surface area is 262 Å². The van der Waals surface area contributed by atoms with E-state index >= 15 is 0 Å². The molecule has 213 valence electrons. The van der Waals surface area contributed by atoms with Gasteiger partial charge in [-0.2, -0.15) is 50.5 Å². The van der Waals surface area contributed by atoms with Gasteiger partial charge in [-0.1, -0.05) is 129 Å². The second kappa shape index (κ2) is 33.2. The molecule has 0 aromatic heterocycles. The fourth-order valence-electron chi connectivity index (χ4n) is 4.90. The molecule has 1 nitrogen and oxygen atoms in total. The summed E-state index contributed by atoms with van der Waals surface area (Å²) >= 11 is 17.4. The SMILES string of the molecule is CCCCCCCCCCN(CCCCCCCCCC(S)S)CCCCCCCCCC(S)S.[Li]. The molecule has 0 saturated heterocycles. The first kappa shape index (κ1) is 40.1. The van der Waals surface area contributed by atoms with Gasteiger partial charge in [0.25, 0.3) is 0 Å². The molecule has 1 radical (unpaired) electrons. The summed E-state index contributed by atoms with van der Waals surface area (Å²) in [6, 6.07) is 0. The van der Waals surface area contributed by atoms with Crippen molar-refractivity contribution in [3.05, 3.63) is 0 Å². The third-order valence-electron chi connectivity index (χ3n) is 7.20. The van der Waals surface area contributed by atoms with Crippen LogP contribution in [0.3, 0.4) is 0 Å². The second-order valence-electron chi connectivity index (χ2n) is 10.8. The summed E-state index contributed by atoms with van der Waals surface area (Å²) in [7, 11) is 0. The van der Waals surface area contributed by atoms with E-state index < -0.39 is 0 Å². The fourth-order valence-corrected chi connectivity index (χ4v) is 5.63. The predicted molar refractivity (Wildman–Crippen MR) is 182 cm³/mol. The van der Waals surface area contributed by atoms with Crippen LogP contribution in [0.2, 0.25) is 0 Å². The summed E-state index contributed by atoms with van der Waals surface area (Å²) in [4.78, 5) is 2.80. The molecule has 0 heterocycles. The van der Waals surface area contributed by atoms with Gasteiger partial charge in [0.2, 0.25) is 0 Å². The maximum atomic E-state index is 4.36. The van der Waals surface area contributed by atoms with Crippen molar-refractivity contribution in [2.45, 2.75) is 170 Å². The van der Waals surface area contributed by atoms with E-state index in [9.17, 15) is 0 Å². The van der Waals surface area contributed by atoms with Crippen LogP contribution in [0.5, 0.6) is 0 Å². The van der Waals surface area contributed by atoms with Crippen LogP contribution >= 0.6 is 50.5 Å². The minimum Gasteiger partial charge on any atom is -0.303 e. The van der Waals surface area contributed by atoms with Crippen LogP contribution in [0.1, 0.15) is 161 Å². The molecule has 0 fully saturated rings. The van der Waals surface area contributed by atoms with Gasteiger partial charge in [-0.15, -0.1) is 0 Å². The molecule has 0 aliphatic heterocycles. The number of unbranched alkanes of at least 4 members (excludes halogenated alkanes) is 19. The zero-order valence-corrected chi connectivity index (χ0v) is 28.1. The van der Waals surface area contributed by atoms with Crippen LogP contribution in [-0.4, -0.2) is 52.6 Å². The molecule has 0 rings (SSSR count). The van der Waals surface area contributed by atoms with Crippen molar-refractivity contribution < 1.29 is 0 Å². The summed E-state index contributed by atoms with van der Waals surface area (Å²) in [5, 5.41) is 0. The van der Waals surface area contributed by atoms with Gasteiger partial charge in [-0.3, -0.25) is 0 Å². The average molecular weight is 573 g/mol. The van der Waals surface area contributed by atoms with Crippen LogP contribution in [0.4, 0.5) is 0 Å². The van der Waals surface area contributed by atoms with Gasteiger partial charge in [0.1, 0.15) is 0 Å². The van der Waals surface area contributed by atoms with Gasteiger partial charge in [-0.05, 0) is 51.7 Å². The third-order valence-corrected chi connectivity index (χ3v) is 8.23. The molecule has 0 amide bonds. The zero-order chi connectivity index (χ0) is 25.8. The van der Waals surface area contributed by atoms with E-state index in [1.165, 1.54) is 161 Å². The molecule has 0 aromatic rings. The Hall–Kier alpha value is 1.96. The van der Waals surface area contributed by atoms with Crippen molar-refractivity contribution in [3.63, 3.8) is 0 Å². The van der Waals surface area contributed by atoms with E-state index in [-0.39, 0.29) is 28.0 Å². The van der Waals surface area contributed by atoms with Gasteiger partial charge in [0.15, 0.2) is 0 Å². The van der Waals surface area contributed by atoms with Gasteiger partial charge in [-0.25, -0.2) is 0 Å². The van der Waals surface area contributed by atoms with Crippen molar-refractivity contribution in [1.29, 1.82) is 0 Å². The molecular weight excluding hydrogens is 510 g/mol. The molecule has 0 atom stereocenters. The Morgan fingerprint density at radius 3 is 0.917 bits per heavy atom. The van der Waals surface area contributed by atoms with Crippen molar-refractivity contribution >= 4 is 69.4 Å². The van der Waals surface area contributed by atoms with E-state index in [0.717, 1.165) is 12.8 Å². The molecule has 0 aromatic carbocycles. The number of thiol groups is 4. The molecule has 0 unspecified atom stereocenters. The van der Waals surface area contributed by atoms with Crippen LogP contribution < -0.4 is 0 Å². The Kier molecular flexibility index (Phi) is 36.9. The normalized spacial score (nSPS) is 11.7. The molecule has 0 spiro atoms. The summed E-state index contributed by atoms with van der Waals surface area (Å²) in [6.07, 6.45) is 33.0. The molecule has 6 heteroatoms. The number of nitrogens with zero attached hydrogens (tertiary/aromatic N) is 1. The average Bonchev–Trinajstić information content (AvgIpc) is 2.82. The van der Waals surface area contributed by atoms with Crippen molar-refractivity contribution in [3.8, 4) is 0 Å². The maximum Gasteiger partial charge on any atom is 0.0442 e. The van der Waals surface area contributed by atoms with Gasteiger partial charge < -0.3 is 4.90 Å². The smallest absolute Gasteiger partial charge is 0.0442 e. The summed E-state index contributed by atoms with van der Waals surface area (Å²) in [6.45, 7) is 6.29. The predicted octanol–water partition coefficient (Wildman–Crippen LogP) is 10.7. The molecule has 0 aliphatic rings. The van der Waals surface area contributed by atoms with Crippen molar-refractivity contribution in [1.82, 2.24) is 4.90 Å². The topological polar surface area (TPSA) is 3.24 Å². The molecule has 36 heavy (non-hydrogen) atoms. The molecular formula is C30H63LiNS4. The minimum atomic E-state index is 0. The first-order valence-corrected chi connectivity index (χ1v) is 17.6. The van der Waals surface area contributed by atoms with Crippen LogP contribution in [0, 0.1) is 0 Å². The van der Waals surface area contributed by atoms with Gasteiger partial charge in [0.05, 0.1) is 0 Å². The maximum absolute atomic E-state index is 4.36. The summed E-state index contributed by atoms with van der Waals surface area (Å²) in [5.74, 6) is 0. The molecule has 0 N–H and O–H groups in total. The van der Waals surface area contributed by atoms with Crippen molar-refractivity contribution in [2.75, 3.05) is 19.6 Å². The third kappa shape index (κ3) is 34.0. The van der Waals surface area contributed by atoms with E-state index in [2.05, 4.69) is 62.3 Å². The van der Waals surface area contributed by atoms with E-state index in [1.807, 2.05) is 0 Å². The van der Waals surface area contributed by atoms with Crippen LogP contribution in [-0.2, 0) is 0 Å². The Morgan fingerprint density at radius 2 is 0.639 bits per heavy atom. The van der Waals surface area contributed by atoms with E-state index in [4.69, 9.17) is 0 Å². The van der Waals surface area contributed by atoms with Gasteiger partial charge >= 0.3 is 0 Å². The minimum absolute atomic E-state index is 0. The van der Waals surface area contributed by atoms with E-state index in [1.54, 1.807) is 0 Å². The standard InChI is InChI=1S/C30H63NS4.Li/c1-2-3-4-5-6-11-16-21-26-31(27-22-17-12-7-9-14-19-24-29(32)33)28-23-18-13-8-10-15-20-25-30(34)35;/h29-30,32-35H,2-28H2,1H3;. The second-order valence-corrected chi connectivity index (χ2v) is 14.1. The molecule has 0 bridgehead atoms. The number of hydrogen-bond acceptors (Lipinski definition) is 5. The zero-order valence-electron chi connectivity index (χ0n) is 24.5. The largest absolute Gasteiger partial charge is 0.303 e. The molecule has 0 saturated carbocycles. The van der Waals surface area contributed by atoms with Crippen molar-refractivity contribution in [2.24, 2.45) is 0 Å². The van der Waals surface area contributed by atoms with Gasteiger partial charge in [0, 0.05) is 28.0 Å². The Bertz CT molecular complexity index is 373. The monoisotopic (exact) mass is 572 g/mol. The first-order chi connectivity index (χ1) is 17.1.